The van der Waals surface area contributed by atoms with Crippen molar-refractivity contribution in [2.75, 3.05) is 6.54 Å². The molecule has 7 heteroatoms. The van der Waals surface area contributed by atoms with Crippen molar-refractivity contribution in [3.05, 3.63) is 21.9 Å². The number of hydrogen-bond donors (Lipinski definition) is 3. The fourth-order valence-corrected chi connectivity index (χ4v) is 2.68. The van der Waals surface area contributed by atoms with Gasteiger partial charge in [-0.05, 0) is 32.8 Å². The molecular weight excluding hydrogens is 316 g/mol. The van der Waals surface area contributed by atoms with E-state index in [1.54, 1.807) is 11.4 Å². The Morgan fingerprint density at radius 3 is 2.48 bits per heavy atom. The first-order valence-electron chi connectivity index (χ1n) is 7.59. The van der Waals surface area contributed by atoms with E-state index >= 15 is 0 Å². The quantitative estimate of drug-likeness (QED) is 0.709. The van der Waals surface area contributed by atoms with Gasteiger partial charge in [-0.1, -0.05) is 13.8 Å². The van der Waals surface area contributed by atoms with Gasteiger partial charge >= 0.3 is 12.1 Å². The summed E-state index contributed by atoms with van der Waals surface area (Å²) in [4.78, 5) is 23.7. The summed E-state index contributed by atoms with van der Waals surface area (Å²) < 4.78 is 5.27. The standard InChI is InChI=1S/C16H26N2O4S/c1-10(2)13(18-15(21)22-16(3,4)5)8-17-7-12-6-11(9-23-12)14(19)20/h6,9-10,13,17H,7-8H2,1-5H3,(H,18,21)(H,19,20). The lowest BCUT2D eigenvalue weighted by Gasteiger charge is -2.26. The van der Waals surface area contributed by atoms with Gasteiger partial charge < -0.3 is 20.5 Å². The zero-order valence-electron chi connectivity index (χ0n) is 14.3. The molecule has 1 heterocycles. The van der Waals surface area contributed by atoms with Crippen molar-refractivity contribution in [2.45, 2.75) is 52.8 Å². The summed E-state index contributed by atoms with van der Waals surface area (Å²) in [6.07, 6.45) is -0.428. The zero-order chi connectivity index (χ0) is 17.6. The number of hydrogen-bond acceptors (Lipinski definition) is 5. The van der Waals surface area contributed by atoms with E-state index in [-0.39, 0.29) is 12.0 Å². The smallest absolute Gasteiger partial charge is 0.407 e. The maximum absolute atomic E-state index is 11.9. The number of carbonyl (C=O) groups is 2. The largest absolute Gasteiger partial charge is 0.478 e. The van der Waals surface area contributed by atoms with E-state index < -0.39 is 17.7 Å². The third-order valence-corrected chi connectivity index (χ3v) is 4.01. The second kappa shape index (κ2) is 8.31. The van der Waals surface area contributed by atoms with Gasteiger partial charge in [-0.15, -0.1) is 11.3 Å². The average Bonchev–Trinajstić information content (AvgIpc) is 2.84. The van der Waals surface area contributed by atoms with Crippen LogP contribution < -0.4 is 10.6 Å². The van der Waals surface area contributed by atoms with Crippen molar-refractivity contribution in [2.24, 2.45) is 5.92 Å². The predicted molar refractivity (Wildman–Crippen MR) is 91.0 cm³/mol. The van der Waals surface area contributed by atoms with E-state index in [9.17, 15) is 9.59 Å². The second-order valence-electron chi connectivity index (χ2n) is 6.73. The molecule has 0 aromatic carbocycles. The van der Waals surface area contributed by atoms with Crippen LogP contribution in [0.3, 0.4) is 0 Å². The topological polar surface area (TPSA) is 87.7 Å². The lowest BCUT2D eigenvalue weighted by Crippen LogP contribution is -2.46. The number of ether oxygens (including phenoxy) is 1. The minimum absolute atomic E-state index is 0.0660. The maximum Gasteiger partial charge on any atom is 0.407 e. The molecule has 1 unspecified atom stereocenters. The van der Waals surface area contributed by atoms with Crippen molar-refractivity contribution in [1.29, 1.82) is 0 Å². The summed E-state index contributed by atoms with van der Waals surface area (Å²) in [7, 11) is 0. The molecule has 6 nitrogen and oxygen atoms in total. The van der Waals surface area contributed by atoms with Crippen LogP contribution >= 0.6 is 11.3 Å². The monoisotopic (exact) mass is 342 g/mol. The molecule has 0 aliphatic rings. The number of carboxylic acid groups (broad SMARTS) is 1. The number of amides is 1. The zero-order valence-corrected chi connectivity index (χ0v) is 15.1. The van der Waals surface area contributed by atoms with Crippen LogP contribution in [0, 0.1) is 5.92 Å². The highest BCUT2D eigenvalue weighted by molar-refractivity contribution is 7.10. The number of carbonyl (C=O) groups excluding carboxylic acids is 1. The predicted octanol–water partition coefficient (Wildman–Crippen LogP) is 3.09. The molecule has 0 fully saturated rings. The van der Waals surface area contributed by atoms with Gasteiger partial charge in [0.15, 0.2) is 0 Å². The van der Waals surface area contributed by atoms with Crippen LogP contribution in [0.1, 0.15) is 49.9 Å². The number of alkyl carbamates (subject to hydrolysis) is 1. The fourth-order valence-electron chi connectivity index (χ4n) is 1.85. The Bertz CT molecular complexity index is 534. The van der Waals surface area contributed by atoms with Crippen molar-refractivity contribution >= 4 is 23.4 Å². The number of rotatable bonds is 7. The third-order valence-electron chi connectivity index (χ3n) is 3.07. The van der Waals surface area contributed by atoms with Crippen LogP contribution in [0.25, 0.3) is 0 Å². The lowest BCUT2D eigenvalue weighted by molar-refractivity contribution is 0.0489. The number of carboxylic acids is 1. The molecule has 0 aliphatic heterocycles. The molecule has 0 bridgehead atoms. The van der Waals surface area contributed by atoms with Gasteiger partial charge in [-0.25, -0.2) is 9.59 Å². The summed E-state index contributed by atoms with van der Waals surface area (Å²) in [6.45, 7) is 10.7. The molecule has 1 aromatic heterocycles. The minimum atomic E-state index is -0.917. The van der Waals surface area contributed by atoms with Crippen molar-refractivity contribution in [1.82, 2.24) is 10.6 Å². The molecule has 1 amide bonds. The number of nitrogens with one attached hydrogen (secondary N) is 2. The Morgan fingerprint density at radius 2 is 2.00 bits per heavy atom. The molecule has 0 saturated heterocycles. The Labute approximate surface area is 141 Å². The van der Waals surface area contributed by atoms with Gasteiger partial charge in [0.05, 0.1) is 5.56 Å². The first-order chi connectivity index (χ1) is 10.6. The summed E-state index contributed by atoms with van der Waals surface area (Å²) >= 11 is 1.40. The molecule has 0 aliphatic carbocycles. The summed E-state index contributed by atoms with van der Waals surface area (Å²) in [6, 6.07) is 1.59. The number of aromatic carboxylic acids is 1. The minimum Gasteiger partial charge on any atom is -0.478 e. The van der Waals surface area contributed by atoms with Gasteiger partial charge in [-0.2, -0.15) is 0 Å². The SMILES string of the molecule is CC(C)C(CNCc1cc(C(=O)O)cs1)NC(=O)OC(C)(C)C. The number of thiophene rings is 1. The average molecular weight is 342 g/mol. The maximum atomic E-state index is 11.9. The normalized spacial score (nSPS) is 13.0. The van der Waals surface area contributed by atoms with E-state index in [1.807, 2.05) is 34.6 Å². The Balaban J connectivity index is 2.46. The molecule has 1 rings (SSSR count). The van der Waals surface area contributed by atoms with Gasteiger partial charge in [-0.3, -0.25) is 0 Å². The van der Waals surface area contributed by atoms with E-state index in [4.69, 9.17) is 9.84 Å². The van der Waals surface area contributed by atoms with Gasteiger partial charge in [0.25, 0.3) is 0 Å². The highest BCUT2D eigenvalue weighted by atomic mass is 32.1. The molecular formula is C16H26N2O4S. The van der Waals surface area contributed by atoms with Crippen LogP contribution in [0.5, 0.6) is 0 Å². The molecule has 3 N–H and O–H groups in total. The molecule has 130 valence electrons. The van der Waals surface area contributed by atoms with Crippen LogP contribution in [-0.4, -0.2) is 35.4 Å². The van der Waals surface area contributed by atoms with Gasteiger partial charge in [0.1, 0.15) is 5.60 Å². The van der Waals surface area contributed by atoms with Crippen LogP contribution in [0.15, 0.2) is 11.4 Å². The lowest BCUT2D eigenvalue weighted by atomic mass is 10.0. The highest BCUT2D eigenvalue weighted by Gasteiger charge is 2.21. The van der Waals surface area contributed by atoms with Crippen LogP contribution in [-0.2, 0) is 11.3 Å². The Morgan fingerprint density at radius 1 is 1.35 bits per heavy atom. The first kappa shape index (κ1) is 19.4. The molecule has 0 radical (unpaired) electrons. The van der Waals surface area contributed by atoms with E-state index in [0.717, 1.165) is 4.88 Å². The van der Waals surface area contributed by atoms with Crippen molar-refractivity contribution < 1.29 is 19.4 Å². The van der Waals surface area contributed by atoms with Crippen LogP contribution in [0.4, 0.5) is 4.79 Å². The molecule has 23 heavy (non-hydrogen) atoms. The van der Waals surface area contributed by atoms with Crippen LogP contribution in [0.2, 0.25) is 0 Å². The summed E-state index contributed by atoms with van der Waals surface area (Å²) in [5, 5.41) is 16.6. The van der Waals surface area contributed by atoms with E-state index in [0.29, 0.717) is 18.7 Å². The van der Waals surface area contributed by atoms with E-state index in [1.165, 1.54) is 11.3 Å². The fraction of sp³-hybridized carbons (Fsp3) is 0.625. The van der Waals surface area contributed by atoms with Crippen molar-refractivity contribution in [3.63, 3.8) is 0 Å². The molecule has 1 aromatic rings. The Hall–Kier alpha value is -1.60. The second-order valence-corrected chi connectivity index (χ2v) is 7.73. The molecule has 1 atom stereocenters. The highest BCUT2D eigenvalue weighted by Crippen LogP contribution is 2.14. The third kappa shape index (κ3) is 7.47. The van der Waals surface area contributed by atoms with E-state index in [2.05, 4.69) is 10.6 Å². The molecule has 0 saturated carbocycles. The summed E-state index contributed by atoms with van der Waals surface area (Å²) in [5.74, 6) is -0.674. The van der Waals surface area contributed by atoms with Crippen molar-refractivity contribution in [3.8, 4) is 0 Å². The first-order valence-corrected chi connectivity index (χ1v) is 8.47. The van der Waals surface area contributed by atoms with Gasteiger partial charge in [0.2, 0.25) is 0 Å². The Kier molecular flexibility index (Phi) is 7.02. The molecule has 0 spiro atoms. The van der Waals surface area contributed by atoms with Gasteiger partial charge in [0, 0.05) is 29.4 Å². The summed E-state index contributed by atoms with van der Waals surface area (Å²) in [5.41, 5.74) is -0.220.